The number of anilines is 1. The Morgan fingerprint density at radius 3 is 2.85 bits per heavy atom. The number of thiophene rings is 1. The van der Waals surface area contributed by atoms with Gasteiger partial charge in [0.25, 0.3) is 5.91 Å². The van der Waals surface area contributed by atoms with Crippen LogP contribution in [0.1, 0.15) is 21.0 Å². The number of benzene rings is 1. The monoisotopic (exact) mass is 482 g/mol. The lowest BCUT2D eigenvalue weighted by Gasteiger charge is -2.20. The van der Waals surface area contributed by atoms with Crippen molar-refractivity contribution in [2.24, 2.45) is 0 Å². The summed E-state index contributed by atoms with van der Waals surface area (Å²) in [6, 6.07) is 14.6. The van der Waals surface area contributed by atoms with Gasteiger partial charge in [-0.25, -0.2) is 4.68 Å². The minimum absolute atomic E-state index is 0.137. The summed E-state index contributed by atoms with van der Waals surface area (Å²) < 4.78 is 6.95. The predicted molar refractivity (Wildman–Crippen MR) is 126 cm³/mol. The second-order valence-corrected chi connectivity index (χ2v) is 9.01. The first-order chi connectivity index (χ1) is 16.1. The number of hydrogen-bond donors (Lipinski definition) is 1. The maximum absolute atomic E-state index is 12.9. The average molecular weight is 483 g/mol. The quantitative estimate of drug-likeness (QED) is 0.346. The minimum atomic E-state index is -0.285. The first kappa shape index (κ1) is 22.7. The summed E-state index contributed by atoms with van der Waals surface area (Å²) in [6.45, 7) is 0.903. The molecule has 0 saturated heterocycles. The standard InChI is InChI=1S/C22H22N6O3S2/c1-27(19-9-3-2-8-18(19)21(30)23-14-16-6-4-12-31-16)20(29)15-33-22-24-25-26-28(22)11-10-17-7-5-13-32-17/h2-9,12-13H,10-11,14-15H2,1H3,(H,23,30). The molecule has 0 spiro atoms. The van der Waals surface area contributed by atoms with Crippen molar-refractivity contribution < 1.29 is 14.0 Å². The summed E-state index contributed by atoms with van der Waals surface area (Å²) in [5.74, 6) is 0.336. The van der Waals surface area contributed by atoms with Crippen LogP contribution in [0.25, 0.3) is 0 Å². The number of nitrogens with zero attached hydrogens (tertiary/aromatic N) is 5. The minimum Gasteiger partial charge on any atom is -0.467 e. The van der Waals surface area contributed by atoms with Gasteiger partial charge in [-0.15, -0.1) is 16.4 Å². The van der Waals surface area contributed by atoms with E-state index in [1.165, 1.54) is 21.5 Å². The summed E-state index contributed by atoms with van der Waals surface area (Å²) in [4.78, 5) is 28.3. The van der Waals surface area contributed by atoms with E-state index in [1.54, 1.807) is 65.7 Å². The molecule has 1 N–H and O–H groups in total. The van der Waals surface area contributed by atoms with E-state index < -0.39 is 0 Å². The Kier molecular flexibility index (Phi) is 7.53. The zero-order valence-corrected chi connectivity index (χ0v) is 19.5. The van der Waals surface area contributed by atoms with Crippen LogP contribution in [0.5, 0.6) is 0 Å². The van der Waals surface area contributed by atoms with Crippen molar-refractivity contribution in [2.75, 3.05) is 17.7 Å². The van der Waals surface area contributed by atoms with Gasteiger partial charge in [-0.1, -0.05) is 30.0 Å². The lowest BCUT2D eigenvalue weighted by Crippen LogP contribution is -2.31. The van der Waals surface area contributed by atoms with Gasteiger partial charge in [0.15, 0.2) is 0 Å². The Morgan fingerprint density at radius 2 is 2.06 bits per heavy atom. The van der Waals surface area contributed by atoms with Crippen molar-refractivity contribution in [3.8, 4) is 0 Å². The molecular formula is C22H22N6O3S2. The summed E-state index contributed by atoms with van der Waals surface area (Å²) in [5.41, 5.74) is 0.933. The fourth-order valence-corrected chi connectivity index (χ4v) is 4.62. The average Bonchev–Trinajstić information content (AvgIpc) is 3.62. The molecule has 0 saturated carbocycles. The summed E-state index contributed by atoms with van der Waals surface area (Å²) >= 11 is 2.96. The van der Waals surface area contributed by atoms with Gasteiger partial charge in [0.05, 0.1) is 36.4 Å². The van der Waals surface area contributed by atoms with Crippen molar-refractivity contribution in [2.45, 2.75) is 24.7 Å². The van der Waals surface area contributed by atoms with Crippen LogP contribution in [-0.4, -0.2) is 44.8 Å². The van der Waals surface area contributed by atoms with Crippen molar-refractivity contribution >= 4 is 40.6 Å². The van der Waals surface area contributed by atoms with E-state index in [-0.39, 0.29) is 24.1 Å². The first-order valence-electron chi connectivity index (χ1n) is 10.2. The molecular weight excluding hydrogens is 460 g/mol. The Hall–Kier alpha value is -3.44. The highest BCUT2D eigenvalue weighted by atomic mass is 32.2. The van der Waals surface area contributed by atoms with Gasteiger partial charge in [-0.2, -0.15) is 0 Å². The molecule has 4 rings (SSSR count). The number of hydrogen-bond acceptors (Lipinski definition) is 8. The first-order valence-corrected chi connectivity index (χ1v) is 12.1. The summed E-state index contributed by atoms with van der Waals surface area (Å²) in [7, 11) is 1.65. The van der Waals surface area contributed by atoms with Crippen LogP contribution in [-0.2, 0) is 24.3 Å². The van der Waals surface area contributed by atoms with Gasteiger partial charge in [0, 0.05) is 18.3 Å². The Labute approximate surface area is 198 Å². The Balaban J connectivity index is 1.36. The number of thioether (sulfide) groups is 1. The second kappa shape index (κ2) is 10.9. The molecule has 33 heavy (non-hydrogen) atoms. The number of amides is 2. The number of nitrogens with one attached hydrogen (secondary N) is 1. The van der Waals surface area contributed by atoms with Gasteiger partial charge < -0.3 is 14.6 Å². The zero-order valence-electron chi connectivity index (χ0n) is 17.9. The maximum atomic E-state index is 12.9. The molecule has 1 aromatic carbocycles. The highest BCUT2D eigenvalue weighted by Crippen LogP contribution is 2.22. The smallest absolute Gasteiger partial charge is 0.253 e. The highest BCUT2D eigenvalue weighted by molar-refractivity contribution is 7.99. The number of carbonyl (C=O) groups excluding carboxylic acids is 2. The van der Waals surface area contributed by atoms with Gasteiger partial charge in [0.2, 0.25) is 11.1 Å². The van der Waals surface area contributed by atoms with Crippen molar-refractivity contribution in [1.29, 1.82) is 0 Å². The van der Waals surface area contributed by atoms with E-state index in [1.807, 2.05) is 11.4 Å². The lowest BCUT2D eigenvalue weighted by atomic mass is 10.1. The molecule has 0 aliphatic heterocycles. The topological polar surface area (TPSA) is 106 Å². The second-order valence-electron chi connectivity index (χ2n) is 7.03. The molecule has 0 aliphatic rings. The molecule has 3 aromatic heterocycles. The number of carbonyl (C=O) groups is 2. The van der Waals surface area contributed by atoms with Crippen LogP contribution in [0.2, 0.25) is 0 Å². The van der Waals surface area contributed by atoms with Crippen LogP contribution in [0, 0.1) is 0 Å². The fourth-order valence-electron chi connectivity index (χ4n) is 3.10. The predicted octanol–water partition coefficient (Wildman–Crippen LogP) is 3.26. The molecule has 11 heteroatoms. The SMILES string of the molecule is CN(C(=O)CSc1nnnn1CCc1cccs1)c1ccccc1C(=O)NCc1ccco1. The van der Waals surface area contributed by atoms with E-state index in [0.717, 1.165) is 6.42 Å². The van der Waals surface area contributed by atoms with Crippen LogP contribution in [0.4, 0.5) is 5.69 Å². The molecule has 0 unspecified atom stereocenters. The summed E-state index contributed by atoms with van der Waals surface area (Å²) in [5, 5.41) is 17.2. The third-order valence-corrected chi connectivity index (χ3v) is 6.74. The van der Waals surface area contributed by atoms with Gasteiger partial charge in [-0.05, 0) is 46.1 Å². The summed E-state index contributed by atoms with van der Waals surface area (Å²) in [6.07, 6.45) is 2.38. The molecule has 4 aromatic rings. The van der Waals surface area contributed by atoms with E-state index in [4.69, 9.17) is 4.42 Å². The Morgan fingerprint density at radius 1 is 1.18 bits per heavy atom. The van der Waals surface area contributed by atoms with E-state index >= 15 is 0 Å². The van der Waals surface area contributed by atoms with Crippen molar-refractivity contribution in [3.63, 3.8) is 0 Å². The molecule has 9 nitrogen and oxygen atoms in total. The molecule has 0 fully saturated rings. The van der Waals surface area contributed by atoms with E-state index in [2.05, 4.69) is 26.9 Å². The van der Waals surface area contributed by atoms with E-state index in [9.17, 15) is 9.59 Å². The van der Waals surface area contributed by atoms with Crippen LogP contribution >= 0.6 is 23.1 Å². The third-order valence-electron chi connectivity index (χ3n) is 4.86. The van der Waals surface area contributed by atoms with Gasteiger partial charge in [0.1, 0.15) is 5.76 Å². The number of para-hydroxylation sites is 1. The lowest BCUT2D eigenvalue weighted by molar-refractivity contribution is -0.115. The normalized spacial score (nSPS) is 10.8. The van der Waals surface area contributed by atoms with Gasteiger partial charge in [-0.3, -0.25) is 9.59 Å². The Bertz CT molecular complexity index is 1190. The number of furan rings is 1. The highest BCUT2D eigenvalue weighted by Gasteiger charge is 2.20. The van der Waals surface area contributed by atoms with Gasteiger partial charge >= 0.3 is 0 Å². The molecule has 2 amide bonds. The van der Waals surface area contributed by atoms with Crippen LogP contribution in [0.3, 0.4) is 0 Å². The van der Waals surface area contributed by atoms with Crippen molar-refractivity contribution in [3.05, 3.63) is 76.4 Å². The molecule has 0 atom stereocenters. The third kappa shape index (κ3) is 5.88. The molecule has 0 aliphatic carbocycles. The molecule has 0 bridgehead atoms. The fraction of sp³-hybridized carbons (Fsp3) is 0.227. The number of rotatable bonds is 10. The molecule has 170 valence electrons. The molecule has 3 heterocycles. The number of aryl methyl sites for hydroxylation is 2. The number of tetrazole rings is 1. The zero-order chi connectivity index (χ0) is 23.0. The maximum Gasteiger partial charge on any atom is 0.253 e. The molecule has 0 radical (unpaired) electrons. The largest absolute Gasteiger partial charge is 0.467 e. The number of aromatic nitrogens is 4. The van der Waals surface area contributed by atoms with Crippen LogP contribution in [0.15, 0.2) is 69.7 Å². The van der Waals surface area contributed by atoms with E-state index in [0.29, 0.717) is 28.7 Å². The van der Waals surface area contributed by atoms with Crippen LogP contribution < -0.4 is 10.2 Å². The van der Waals surface area contributed by atoms with Crippen molar-refractivity contribution in [1.82, 2.24) is 25.5 Å².